The number of hydrogen-bond acceptors (Lipinski definition) is 7. The van der Waals surface area contributed by atoms with Gasteiger partial charge in [-0.2, -0.15) is 9.61 Å². The standard InChI is InChI=1S/C18H20N6O5/c1-9(2)8-23-15-10(3-6-12-21-18(28)29-22-12)7-19-24(15)17(27)13(16(23)26)14(25)20-11-4-5-11/h3,6-7,9,11,26H,4-5,8H2,1-2H3,(H,20,25)(H,21,22,28). The summed E-state index contributed by atoms with van der Waals surface area (Å²) in [7, 11) is 0. The van der Waals surface area contributed by atoms with E-state index < -0.39 is 23.1 Å². The number of carbonyl (C=O) groups excluding carboxylic acids is 1. The van der Waals surface area contributed by atoms with Gasteiger partial charge in [-0.3, -0.25) is 23.7 Å². The Labute approximate surface area is 163 Å². The highest BCUT2D eigenvalue weighted by Crippen LogP contribution is 2.24. The van der Waals surface area contributed by atoms with E-state index in [1.165, 1.54) is 16.8 Å². The second-order valence-electron chi connectivity index (χ2n) is 7.40. The third-order valence-corrected chi connectivity index (χ3v) is 4.48. The highest BCUT2D eigenvalue weighted by molar-refractivity contribution is 5.96. The van der Waals surface area contributed by atoms with Crippen LogP contribution in [0.5, 0.6) is 5.88 Å². The molecule has 3 heterocycles. The van der Waals surface area contributed by atoms with Gasteiger partial charge in [0.15, 0.2) is 11.4 Å². The second kappa shape index (κ2) is 7.08. The lowest BCUT2D eigenvalue weighted by atomic mass is 10.2. The van der Waals surface area contributed by atoms with Gasteiger partial charge in [0, 0.05) is 18.2 Å². The fraction of sp³-hybridized carbons (Fsp3) is 0.389. The normalized spacial score (nSPS) is 14.3. The molecule has 0 saturated heterocycles. The maximum absolute atomic E-state index is 12.9. The largest absolute Gasteiger partial charge is 0.494 e. The first kappa shape index (κ1) is 18.7. The van der Waals surface area contributed by atoms with Gasteiger partial charge in [0.25, 0.3) is 11.5 Å². The van der Waals surface area contributed by atoms with E-state index in [0.717, 1.165) is 17.4 Å². The van der Waals surface area contributed by atoms with Crippen molar-refractivity contribution >= 4 is 23.7 Å². The summed E-state index contributed by atoms with van der Waals surface area (Å²) in [4.78, 5) is 38.9. The molecule has 1 amide bonds. The Kier molecular flexibility index (Phi) is 4.57. The summed E-state index contributed by atoms with van der Waals surface area (Å²) in [5.41, 5.74) is -0.211. The highest BCUT2D eigenvalue weighted by Gasteiger charge is 2.29. The van der Waals surface area contributed by atoms with Crippen LogP contribution in [0.3, 0.4) is 0 Å². The first-order valence-electron chi connectivity index (χ1n) is 9.23. The van der Waals surface area contributed by atoms with Crippen LogP contribution in [0, 0.1) is 5.92 Å². The van der Waals surface area contributed by atoms with Crippen LogP contribution in [0.1, 0.15) is 48.4 Å². The number of rotatable bonds is 6. The van der Waals surface area contributed by atoms with Crippen LogP contribution in [0.4, 0.5) is 0 Å². The molecule has 1 aliphatic carbocycles. The second-order valence-corrected chi connectivity index (χ2v) is 7.40. The van der Waals surface area contributed by atoms with Crippen LogP contribution in [-0.4, -0.2) is 41.4 Å². The fourth-order valence-corrected chi connectivity index (χ4v) is 3.03. The molecular weight excluding hydrogens is 380 g/mol. The monoisotopic (exact) mass is 400 g/mol. The van der Waals surface area contributed by atoms with Crippen molar-refractivity contribution in [1.29, 1.82) is 0 Å². The average molecular weight is 400 g/mol. The molecule has 29 heavy (non-hydrogen) atoms. The van der Waals surface area contributed by atoms with Gasteiger partial charge in [-0.05, 0) is 30.9 Å². The molecule has 152 valence electrons. The molecular formula is C18H20N6O5. The molecule has 0 spiro atoms. The van der Waals surface area contributed by atoms with Gasteiger partial charge in [0.05, 0.1) is 6.20 Å². The van der Waals surface area contributed by atoms with Crippen LogP contribution < -0.4 is 16.6 Å². The number of fused-ring (bicyclic) bond motifs is 1. The Morgan fingerprint density at radius 1 is 1.41 bits per heavy atom. The van der Waals surface area contributed by atoms with E-state index in [1.807, 2.05) is 13.8 Å². The lowest BCUT2D eigenvalue weighted by Gasteiger charge is -2.17. The van der Waals surface area contributed by atoms with Crippen molar-refractivity contribution in [2.75, 3.05) is 0 Å². The summed E-state index contributed by atoms with van der Waals surface area (Å²) in [5.74, 6) is -1.39. The maximum Gasteiger partial charge on any atom is 0.439 e. The number of amides is 1. The zero-order valence-corrected chi connectivity index (χ0v) is 15.9. The summed E-state index contributed by atoms with van der Waals surface area (Å²) in [5, 5.41) is 21.2. The summed E-state index contributed by atoms with van der Waals surface area (Å²) >= 11 is 0. The number of hydrogen-bond donors (Lipinski definition) is 3. The minimum absolute atomic E-state index is 0.0382. The molecule has 3 aromatic rings. The summed E-state index contributed by atoms with van der Waals surface area (Å²) in [6, 6.07) is 0.0382. The van der Waals surface area contributed by atoms with E-state index in [-0.39, 0.29) is 23.3 Å². The van der Waals surface area contributed by atoms with E-state index in [1.54, 1.807) is 6.08 Å². The Morgan fingerprint density at radius 2 is 2.17 bits per heavy atom. The summed E-state index contributed by atoms with van der Waals surface area (Å²) < 4.78 is 7.03. The predicted octanol–water partition coefficient (Wildman–Crippen LogP) is 0.596. The van der Waals surface area contributed by atoms with Crippen molar-refractivity contribution in [1.82, 2.24) is 29.6 Å². The summed E-state index contributed by atoms with van der Waals surface area (Å²) in [6.07, 6.45) is 6.21. The van der Waals surface area contributed by atoms with Crippen LogP contribution in [0.25, 0.3) is 17.8 Å². The quantitative estimate of drug-likeness (QED) is 0.549. The van der Waals surface area contributed by atoms with Crippen molar-refractivity contribution in [3.8, 4) is 5.88 Å². The molecule has 3 N–H and O–H groups in total. The first-order valence-corrected chi connectivity index (χ1v) is 9.23. The maximum atomic E-state index is 12.9. The molecule has 0 unspecified atom stereocenters. The molecule has 1 fully saturated rings. The minimum Gasteiger partial charge on any atom is -0.494 e. The topological polar surface area (TPSA) is 148 Å². The van der Waals surface area contributed by atoms with Crippen LogP contribution >= 0.6 is 0 Å². The first-order chi connectivity index (χ1) is 13.8. The van der Waals surface area contributed by atoms with Crippen molar-refractivity contribution in [3.63, 3.8) is 0 Å². The molecule has 1 saturated carbocycles. The molecule has 0 radical (unpaired) electrons. The number of aromatic amines is 1. The number of carbonyl (C=O) groups is 1. The smallest absolute Gasteiger partial charge is 0.439 e. The summed E-state index contributed by atoms with van der Waals surface area (Å²) in [6.45, 7) is 4.25. The Hall–Kier alpha value is -3.63. The predicted molar refractivity (Wildman–Crippen MR) is 102 cm³/mol. The minimum atomic E-state index is -0.704. The zero-order valence-electron chi connectivity index (χ0n) is 15.9. The number of nitrogens with one attached hydrogen (secondary N) is 2. The Balaban J connectivity index is 1.87. The van der Waals surface area contributed by atoms with Gasteiger partial charge < -0.3 is 10.4 Å². The third kappa shape index (κ3) is 3.58. The van der Waals surface area contributed by atoms with Crippen molar-refractivity contribution < 1.29 is 14.4 Å². The van der Waals surface area contributed by atoms with Crippen molar-refractivity contribution in [3.05, 3.63) is 44.1 Å². The Morgan fingerprint density at radius 3 is 2.79 bits per heavy atom. The van der Waals surface area contributed by atoms with Crippen molar-refractivity contribution in [2.45, 2.75) is 39.3 Å². The number of H-pyrrole nitrogens is 1. The number of aromatic nitrogens is 5. The van der Waals surface area contributed by atoms with E-state index in [9.17, 15) is 19.5 Å². The van der Waals surface area contributed by atoms with Gasteiger partial charge in [0.1, 0.15) is 5.65 Å². The van der Waals surface area contributed by atoms with E-state index >= 15 is 0 Å². The third-order valence-electron chi connectivity index (χ3n) is 4.48. The molecule has 11 nitrogen and oxygen atoms in total. The zero-order chi connectivity index (χ0) is 20.7. The van der Waals surface area contributed by atoms with Gasteiger partial charge in [-0.1, -0.05) is 19.0 Å². The molecule has 0 bridgehead atoms. The lowest BCUT2D eigenvalue weighted by Crippen LogP contribution is -2.34. The fourth-order valence-electron chi connectivity index (χ4n) is 3.03. The number of nitrogens with zero attached hydrogens (tertiary/aromatic N) is 4. The van der Waals surface area contributed by atoms with E-state index in [2.05, 4.69) is 25.1 Å². The van der Waals surface area contributed by atoms with E-state index in [0.29, 0.717) is 17.8 Å². The van der Waals surface area contributed by atoms with Gasteiger partial charge in [0.2, 0.25) is 5.88 Å². The molecule has 3 aromatic heterocycles. The van der Waals surface area contributed by atoms with Gasteiger partial charge >= 0.3 is 5.76 Å². The van der Waals surface area contributed by atoms with Crippen LogP contribution in [-0.2, 0) is 6.54 Å². The SMILES string of the molecule is CC(C)Cn1c(O)c(C(=O)NC2CC2)c(=O)n2ncc(C=Cc3noc(=O)[nH]3)c12. The average Bonchev–Trinajstić information content (AvgIpc) is 3.20. The van der Waals surface area contributed by atoms with Gasteiger partial charge in [-0.25, -0.2) is 4.79 Å². The molecule has 0 aromatic carbocycles. The molecule has 11 heteroatoms. The van der Waals surface area contributed by atoms with Crippen LogP contribution in [0.2, 0.25) is 0 Å². The highest BCUT2D eigenvalue weighted by atomic mass is 16.5. The van der Waals surface area contributed by atoms with Gasteiger partial charge in [-0.15, -0.1) is 0 Å². The molecule has 0 aliphatic heterocycles. The molecule has 0 atom stereocenters. The number of aromatic hydroxyl groups is 1. The van der Waals surface area contributed by atoms with Crippen LogP contribution in [0.15, 0.2) is 20.3 Å². The van der Waals surface area contributed by atoms with E-state index in [4.69, 9.17) is 0 Å². The van der Waals surface area contributed by atoms with Crippen molar-refractivity contribution in [2.24, 2.45) is 5.92 Å². The molecule has 1 aliphatic rings. The molecule has 4 rings (SSSR count). The Bertz CT molecular complexity index is 1220. The lowest BCUT2D eigenvalue weighted by molar-refractivity contribution is 0.0944.